The van der Waals surface area contributed by atoms with E-state index in [9.17, 15) is 23.2 Å². The van der Waals surface area contributed by atoms with E-state index in [4.69, 9.17) is 0 Å². The number of hydrogen-bond donors (Lipinski definition) is 1. The first-order valence-corrected chi connectivity index (χ1v) is 9.10. The Kier molecular flexibility index (Phi) is 4.84. The summed E-state index contributed by atoms with van der Waals surface area (Å²) in [4.78, 5) is 43.6. The third kappa shape index (κ3) is 3.49. The van der Waals surface area contributed by atoms with Crippen LogP contribution in [0.3, 0.4) is 0 Å². The van der Waals surface area contributed by atoms with Crippen LogP contribution in [0.25, 0.3) is 10.9 Å². The maximum atomic E-state index is 13.8. The Morgan fingerprint density at radius 2 is 1.52 bits per heavy atom. The van der Waals surface area contributed by atoms with Crippen molar-refractivity contribution >= 4 is 22.7 Å². The Morgan fingerprint density at radius 3 is 2.17 bits per heavy atom. The van der Waals surface area contributed by atoms with Crippen LogP contribution in [0.1, 0.15) is 20.7 Å². The number of H-pyrrole nitrogens is 1. The molecule has 1 N–H and O–H groups in total. The molecule has 0 unspecified atom stereocenters. The van der Waals surface area contributed by atoms with Gasteiger partial charge in [0.05, 0.1) is 10.9 Å². The van der Waals surface area contributed by atoms with E-state index in [-0.39, 0.29) is 35.5 Å². The summed E-state index contributed by atoms with van der Waals surface area (Å²) in [5, 5.41) is -0.216. The molecule has 0 radical (unpaired) electrons. The highest BCUT2D eigenvalue weighted by atomic mass is 19.1. The van der Waals surface area contributed by atoms with Crippen molar-refractivity contribution in [2.75, 3.05) is 26.2 Å². The lowest BCUT2D eigenvalue weighted by molar-refractivity contribution is 0.0534. The minimum absolute atomic E-state index is 0.118. The minimum atomic E-state index is -0.899. The first kappa shape index (κ1) is 18.8. The van der Waals surface area contributed by atoms with Crippen molar-refractivity contribution in [1.82, 2.24) is 14.8 Å². The molecule has 1 aromatic heterocycles. The zero-order valence-electron chi connectivity index (χ0n) is 15.3. The van der Waals surface area contributed by atoms with Crippen molar-refractivity contribution < 1.29 is 18.4 Å². The maximum Gasteiger partial charge on any atom is 0.259 e. The van der Waals surface area contributed by atoms with E-state index < -0.39 is 23.0 Å². The normalized spacial score (nSPS) is 14.3. The number of hydrogen-bond acceptors (Lipinski definition) is 3. The predicted molar refractivity (Wildman–Crippen MR) is 103 cm³/mol. The average Bonchev–Trinajstić information content (AvgIpc) is 2.74. The molecular formula is C21H17F2N3O3. The number of fused-ring (bicyclic) bond motifs is 1. The van der Waals surface area contributed by atoms with Crippen LogP contribution < -0.4 is 5.43 Å². The Balaban J connectivity index is 1.52. The summed E-state index contributed by atoms with van der Waals surface area (Å²) in [6.07, 6.45) is 1.15. The predicted octanol–water partition coefficient (Wildman–Crippen LogP) is 2.40. The SMILES string of the molecule is O=C(c1ccccc1)N1CCN(C(=O)c2c[nH]c3c(F)cc(F)cc3c2=O)CC1. The summed E-state index contributed by atoms with van der Waals surface area (Å²) >= 11 is 0. The van der Waals surface area contributed by atoms with Gasteiger partial charge in [0.1, 0.15) is 17.2 Å². The average molecular weight is 397 g/mol. The highest BCUT2D eigenvalue weighted by molar-refractivity contribution is 5.98. The second-order valence-corrected chi connectivity index (χ2v) is 6.79. The van der Waals surface area contributed by atoms with Crippen molar-refractivity contribution in [2.24, 2.45) is 0 Å². The fraction of sp³-hybridized carbons (Fsp3) is 0.190. The number of carbonyl (C=O) groups excluding carboxylic acids is 2. The van der Waals surface area contributed by atoms with Crippen molar-refractivity contribution in [2.45, 2.75) is 0 Å². The second-order valence-electron chi connectivity index (χ2n) is 6.79. The molecule has 0 bridgehead atoms. The Bertz CT molecular complexity index is 1150. The van der Waals surface area contributed by atoms with Gasteiger partial charge in [-0.2, -0.15) is 0 Å². The molecule has 0 spiro atoms. The van der Waals surface area contributed by atoms with E-state index in [0.29, 0.717) is 24.7 Å². The van der Waals surface area contributed by atoms with Crippen LogP contribution >= 0.6 is 0 Å². The van der Waals surface area contributed by atoms with E-state index in [1.807, 2.05) is 6.07 Å². The molecule has 2 amide bonds. The molecule has 2 aromatic carbocycles. The molecule has 1 saturated heterocycles. The van der Waals surface area contributed by atoms with E-state index in [0.717, 1.165) is 12.3 Å². The summed E-state index contributed by atoms with van der Waals surface area (Å²) in [5.41, 5.74) is -0.496. The van der Waals surface area contributed by atoms with E-state index in [1.165, 1.54) is 4.90 Å². The number of piperazine rings is 1. The quantitative estimate of drug-likeness (QED) is 0.722. The standard InChI is InChI=1S/C21H17F2N3O3/c22-14-10-15-18(17(23)11-14)24-12-16(19(15)27)21(29)26-8-6-25(7-9-26)20(28)13-4-2-1-3-5-13/h1-5,10-12H,6-9H2,(H,24,27). The van der Waals surface area contributed by atoms with Gasteiger partial charge >= 0.3 is 0 Å². The first-order valence-electron chi connectivity index (χ1n) is 9.10. The molecule has 2 heterocycles. The van der Waals surface area contributed by atoms with E-state index >= 15 is 0 Å². The van der Waals surface area contributed by atoms with Gasteiger partial charge in [0, 0.05) is 44.0 Å². The summed E-state index contributed by atoms with van der Waals surface area (Å²) in [7, 11) is 0. The van der Waals surface area contributed by atoms with Gasteiger partial charge in [-0.1, -0.05) is 18.2 Å². The van der Waals surface area contributed by atoms with Crippen LogP contribution in [-0.4, -0.2) is 52.8 Å². The molecule has 1 fully saturated rings. The topological polar surface area (TPSA) is 73.5 Å². The number of aromatic amines is 1. The summed E-state index contributed by atoms with van der Waals surface area (Å²) < 4.78 is 27.3. The number of amides is 2. The zero-order valence-corrected chi connectivity index (χ0v) is 15.3. The maximum absolute atomic E-state index is 13.8. The number of carbonyl (C=O) groups is 2. The van der Waals surface area contributed by atoms with E-state index in [1.54, 1.807) is 29.2 Å². The van der Waals surface area contributed by atoms with Crippen LogP contribution in [0.2, 0.25) is 0 Å². The number of aromatic nitrogens is 1. The van der Waals surface area contributed by atoms with Gasteiger partial charge in [-0.05, 0) is 18.2 Å². The van der Waals surface area contributed by atoms with Gasteiger partial charge in [-0.25, -0.2) is 8.78 Å². The van der Waals surface area contributed by atoms with Crippen molar-refractivity contribution in [3.8, 4) is 0 Å². The molecule has 148 valence electrons. The molecule has 8 heteroatoms. The Hall–Kier alpha value is -3.55. The first-order chi connectivity index (χ1) is 14.0. The van der Waals surface area contributed by atoms with Crippen LogP contribution in [0.15, 0.2) is 53.5 Å². The van der Waals surface area contributed by atoms with Crippen molar-refractivity contribution in [1.29, 1.82) is 0 Å². The zero-order chi connectivity index (χ0) is 20.5. The largest absolute Gasteiger partial charge is 0.358 e. The summed E-state index contributed by atoms with van der Waals surface area (Å²) in [6.45, 7) is 1.17. The molecule has 4 rings (SSSR count). The van der Waals surface area contributed by atoms with Crippen LogP contribution in [0.5, 0.6) is 0 Å². The van der Waals surface area contributed by atoms with Gasteiger partial charge in [0.25, 0.3) is 11.8 Å². The van der Waals surface area contributed by atoms with Crippen LogP contribution in [-0.2, 0) is 0 Å². The van der Waals surface area contributed by atoms with Crippen molar-refractivity contribution in [3.05, 3.63) is 81.6 Å². The Labute approximate surface area is 164 Å². The number of rotatable bonds is 2. The second kappa shape index (κ2) is 7.46. The Morgan fingerprint density at radius 1 is 0.897 bits per heavy atom. The van der Waals surface area contributed by atoms with Crippen LogP contribution in [0, 0.1) is 11.6 Å². The lowest BCUT2D eigenvalue weighted by atomic mass is 10.1. The smallest absolute Gasteiger partial charge is 0.259 e. The molecule has 29 heavy (non-hydrogen) atoms. The van der Waals surface area contributed by atoms with Gasteiger partial charge < -0.3 is 14.8 Å². The third-order valence-corrected chi connectivity index (χ3v) is 5.01. The molecular weight excluding hydrogens is 380 g/mol. The van der Waals surface area contributed by atoms with E-state index in [2.05, 4.69) is 4.98 Å². The fourth-order valence-electron chi connectivity index (χ4n) is 3.46. The van der Waals surface area contributed by atoms with Crippen LogP contribution in [0.4, 0.5) is 8.78 Å². The minimum Gasteiger partial charge on any atom is -0.358 e. The molecule has 6 nitrogen and oxygen atoms in total. The monoisotopic (exact) mass is 397 g/mol. The molecule has 1 aliphatic rings. The van der Waals surface area contributed by atoms with Gasteiger partial charge in [0.2, 0.25) is 5.43 Å². The molecule has 0 atom stereocenters. The molecule has 0 saturated carbocycles. The third-order valence-electron chi connectivity index (χ3n) is 5.01. The fourth-order valence-corrected chi connectivity index (χ4v) is 3.46. The lowest BCUT2D eigenvalue weighted by Gasteiger charge is -2.34. The highest BCUT2D eigenvalue weighted by Gasteiger charge is 2.27. The van der Waals surface area contributed by atoms with Gasteiger partial charge in [-0.3, -0.25) is 14.4 Å². The number of benzene rings is 2. The van der Waals surface area contributed by atoms with Crippen molar-refractivity contribution in [3.63, 3.8) is 0 Å². The van der Waals surface area contributed by atoms with Gasteiger partial charge in [-0.15, -0.1) is 0 Å². The molecule has 0 aliphatic carbocycles. The molecule has 1 aliphatic heterocycles. The summed E-state index contributed by atoms with van der Waals surface area (Å²) in [5.74, 6) is -2.45. The lowest BCUT2D eigenvalue weighted by Crippen LogP contribution is -2.51. The number of nitrogens with one attached hydrogen (secondary N) is 1. The number of halogens is 2. The number of nitrogens with zero attached hydrogens (tertiary/aromatic N) is 2. The van der Waals surface area contributed by atoms with Gasteiger partial charge in [0.15, 0.2) is 0 Å². The molecule has 3 aromatic rings. The highest BCUT2D eigenvalue weighted by Crippen LogP contribution is 2.16. The number of pyridine rings is 1. The summed E-state index contributed by atoms with van der Waals surface area (Å²) in [6, 6.07) is 10.4.